The molecule has 0 aliphatic heterocycles. The third kappa shape index (κ3) is 2.43. The smallest absolute Gasteiger partial charge is 0.288 e. The number of carbonyl (C=O) groups is 2. The van der Waals surface area contributed by atoms with Gasteiger partial charge in [0.15, 0.2) is 0 Å². The maximum atomic E-state index is 11.1. The van der Waals surface area contributed by atoms with Gasteiger partial charge in [-0.2, -0.15) is 0 Å². The Hall–Kier alpha value is -2.17. The van der Waals surface area contributed by atoms with Crippen LogP contribution in [-0.2, 0) is 9.59 Å². The van der Waals surface area contributed by atoms with Crippen molar-refractivity contribution in [2.75, 3.05) is 5.32 Å². The molecule has 1 aromatic carbocycles. The lowest BCUT2D eigenvalue weighted by atomic mass is 9.95. The highest BCUT2D eigenvalue weighted by molar-refractivity contribution is 6.29. The normalized spacial score (nSPS) is 16.2. The van der Waals surface area contributed by atoms with Crippen molar-refractivity contribution < 1.29 is 9.59 Å². The second kappa shape index (κ2) is 5.45. The molecule has 0 spiro atoms. The van der Waals surface area contributed by atoms with Crippen molar-refractivity contribution in [1.82, 2.24) is 9.55 Å². The molecular weight excluding hydrogens is 254 g/mol. The number of benzene rings is 1. The SMILES string of the molecule is O=CC(=O)Nc1ccc2c(c1)ncn2C1CCCCC1. The molecule has 1 aliphatic carbocycles. The largest absolute Gasteiger partial charge is 0.327 e. The fourth-order valence-electron chi connectivity index (χ4n) is 2.93. The average molecular weight is 271 g/mol. The van der Waals surface area contributed by atoms with Crippen LogP contribution in [0.1, 0.15) is 38.1 Å². The maximum Gasteiger partial charge on any atom is 0.288 e. The Bertz CT molecular complexity index is 642. The molecule has 1 aliphatic rings. The number of fused-ring (bicyclic) bond motifs is 1. The molecular formula is C15H17N3O2. The molecule has 0 saturated heterocycles. The van der Waals surface area contributed by atoms with Gasteiger partial charge in [0.2, 0.25) is 6.29 Å². The predicted molar refractivity (Wildman–Crippen MR) is 76.5 cm³/mol. The molecule has 0 atom stereocenters. The molecule has 0 radical (unpaired) electrons. The molecule has 104 valence electrons. The summed E-state index contributed by atoms with van der Waals surface area (Å²) in [5.41, 5.74) is 2.53. The third-order valence-electron chi connectivity index (χ3n) is 3.92. The topological polar surface area (TPSA) is 64.0 Å². The van der Waals surface area contributed by atoms with Gasteiger partial charge in [-0.05, 0) is 31.0 Å². The number of aldehydes is 1. The first kappa shape index (κ1) is 12.8. The van der Waals surface area contributed by atoms with Gasteiger partial charge in [-0.15, -0.1) is 0 Å². The van der Waals surface area contributed by atoms with Crippen molar-refractivity contribution >= 4 is 28.9 Å². The van der Waals surface area contributed by atoms with Crippen LogP contribution in [0.25, 0.3) is 11.0 Å². The summed E-state index contributed by atoms with van der Waals surface area (Å²) >= 11 is 0. The van der Waals surface area contributed by atoms with Crippen molar-refractivity contribution in [3.8, 4) is 0 Å². The van der Waals surface area contributed by atoms with Gasteiger partial charge in [0.25, 0.3) is 5.91 Å². The molecule has 1 aromatic heterocycles. The second-order valence-corrected chi connectivity index (χ2v) is 5.25. The highest BCUT2D eigenvalue weighted by atomic mass is 16.2. The molecule has 1 saturated carbocycles. The number of carbonyl (C=O) groups excluding carboxylic acids is 2. The Balaban J connectivity index is 1.89. The van der Waals surface area contributed by atoms with Crippen molar-refractivity contribution in [3.05, 3.63) is 24.5 Å². The van der Waals surface area contributed by atoms with Crippen LogP contribution < -0.4 is 5.32 Å². The average Bonchev–Trinajstić information content (AvgIpc) is 2.91. The monoisotopic (exact) mass is 271 g/mol. The van der Waals surface area contributed by atoms with E-state index in [-0.39, 0.29) is 6.29 Å². The number of nitrogens with zero attached hydrogens (tertiary/aromatic N) is 2. The number of nitrogens with one attached hydrogen (secondary N) is 1. The number of anilines is 1. The molecule has 20 heavy (non-hydrogen) atoms. The van der Waals surface area contributed by atoms with E-state index in [9.17, 15) is 9.59 Å². The number of amides is 1. The summed E-state index contributed by atoms with van der Waals surface area (Å²) in [4.78, 5) is 25.8. The van der Waals surface area contributed by atoms with Gasteiger partial charge in [-0.3, -0.25) is 9.59 Å². The first-order valence-corrected chi connectivity index (χ1v) is 7.00. The minimum absolute atomic E-state index is 0.269. The molecule has 1 fully saturated rings. The van der Waals surface area contributed by atoms with Gasteiger partial charge in [-0.1, -0.05) is 19.3 Å². The van der Waals surface area contributed by atoms with E-state index in [0.29, 0.717) is 11.7 Å². The predicted octanol–water partition coefficient (Wildman–Crippen LogP) is 2.68. The summed E-state index contributed by atoms with van der Waals surface area (Å²) in [6.07, 6.45) is 8.43. The molecule has 3 rings (SSSR count). The lowest BCUT2D eigenvalue weighted by Gasteiger charge is -2.23. The van der Waals surface area contributed by atoms with Crippen LogP contribution in [0.4, 0.5) is 5.69 Å². The summed E-state index contributed by atoms with van der Waals surface area (Å²) in [5, 5.41) is 2.52. The first-order chi connectivity index (χ1) is 9.78. The molecule has 5 heteroatoms. The summed E-state index contributed by atoms with van der Waals surface area (Å²) in [5.74, 6) is -0.643. The van der Waals surface area contributed by atoms with E-state index < -0.39 is 5.91 Å². The maximum absolute atomic E-state index is 11.1. The van der Waals surface area contributed by atoms with E-state index in [4.69, 9.17) is 0 Å². The Kier molecular flexibility index (Phi) is 3.50. The van der Waals surface area contributed by atoms with Gasteiger partial charge in [-0.25, -0.2) is 4.98 Å². The van der Waals surface area contributed by atoms with Gasteiger partial charge in [0, 0.05) is 11.7 Å². The zero-order chi connectivity index (χ0) is 13.9. The van der Waals surface area contributed by atoms with Crippen LogP contribution in [0.2, 0.25) is 0 Å². The number of imidazole rings is 1. The fourth-order valence-corrected chi connectivity index (χ4v) is 2.93. The van der Waals surface area contributed by atoms with E-state index >= 15 is 0 Å². The molecule has 2 aromatic rings. The quantitative estimate of drug-likeness (QED) is 0.689. The molecule has 0 bridgehead atoms. The lowest BCUT2D eigenvalue weighted by Crippen LogP contribution is -2.12. The second-order valence-electron chi connectivity index (χ2n) is 5.25. The zero-order valence-corrected chi connectivity index (χ0v) is 11.2. The van der Waals surface area contributed by atoms with Crippen LogP contribution in [-0.4, -0.2) is 21.7 Å². The standard InChI is InChI=1S/C15H17N3O2/c19-9-15(20)17-11-6-7-14-13(8-11)16-10-18(14)12-4-2-1-3-5-12/h6-10,12H,1-5H2,(H,17,20). The Labute approximate surface area is 117 Å². The highest BCUT2D eigenvalue weighted by Gasteiger charge is 2.17. The highest BCUT2D eigenvalue weighted by Crippen LogP contribution is 2.31. The fraction of sp³-hybridized carbons (Fsp3) is 0.400. The van der Waals surface area contributed by atoms with E-state index in [1.54, 1.807) is 6.07 Å². The summed E-state index contributed by atoms with van der Waals surface area (Å²) in [6.45, 7) is 0. The minimum atomic E-state index is -0.643. The molecule has 1 amide bonds. The van der Waals surface area contributed by atoms with Crippen molar-refractivity contribution in [3.63, 3.8) is 0 Å². The van der Waals surface area contributed by atoms with Crippen molar-refractivity contribution in [1.29, 1.82) is 0 Å². The van der Waals surface area contributed by atoms with Gasteiger partial charge in [0.1, 0.15) is 0 Å². The van der Waals surface area contributed by atoms with E-state index in [1.807, 2.05) is 18.5 Å². The van der Waals surface area contributed by atoms with E-state index in [0.717, 1.165) is 11.0 Å². The zero-order valence-electron chi connectivity index (χ0n) is 11.2. The van der Waals surface area contributed by atoms with Gasteiger partial charge in [0.05, 0.1) is 17.4 Å². The third-order valence-corrected chi connectivity index (χ3v) is 3.92. The van der Waals surface area contributed by atoms with E-state index in [1.165, 1.54) is 32.1 Å². The van der Waals surface area contributed by atoms with Crippen LogP contribution in [0.5, 0.6) is 0 Å². The summed E-state index contributed by atoms with van der Waals surface area (Å²) in [6, 6.07) is 6.10. The molecule has 1 heterocycles. The molecule has 1 N–H and O–H groups in total. The van der Waals surface area contributed by atoms with Crippen molar-refractivity contribution in [2.24, 2.45) is 0 Å². The Morgan fingerprint density at radius 3 is 2.85 bits per heavy atom. The Morgan fingerprint density at radius 1 is 1.30 bits per heavy atom. The number of rotatable bonds is 3. The Morgan fingerprint density at radius 2 is 2.10 bits per heavy atom. The van der Waals surface area contributed by atoms with Gasteiger partial charge >= 0.3 is 0 Å². The van der Waals surface area contributed by atoms with Gasteiger partial charge < -0.3 is 9.88 Å². The number of aromatic nitrogens is 2. The summed E-state index contributed by atoms with van der Waals surface area (Å²) < 4.78 is 2.24. The molecule has 5 nitrogen and oxygen atoms in total. The van der Waals surface area contributed by atoms with Crippen molar-refractivity contribution in [2.45, 2.75) is 38.1 Å². The summed E-state index contributed by atoms with van der Waals surface area (Å²) in [7, 11) is 0. The van der Waals surface area contributed by atoms with Crippen LogP contribution in [0.3, 0.4) is 0 Å². The first-order valence-electron chi connectivity index (χ1n) is 7.00. The van der Waals surface area contributed by atoms with Crippen LogP contribution >= 0.6 is 0 Å². The van der Waals surface area contributed by atoms with E-state index in [2.05, 4.69) is 14.9 Å². The lowest BCUT2D eigenvalue weighted by molar-refractivity contribution is -0.127. The number of hydrogen-bond donors (Lipinski definition) is 1. The minimum Gasteiger partial charge on any atom is -0.327 e. The van der Waals surface area contributed by atoms with Crippen LogP contribution in [0, 0.1) is 0 Å². The number of hydrogen-bond acceptors (Lipinski definition) is 3. The van der Waals surface area contributed by atoms with Crippen LogP contribution in [0.15, 0.2) is 24.5 Å². The molecule has 0 unspecified atom stereocenters.